The van der Waals surface area contributed by atoms with Gasteiger partial charge in [-0.15, -0.1) is 0 Å². The van der Waals surface area contributed by atoms with Gasteiger partial charge < -0.3 is 0 Å². The van der Waals surface area contributed by atoms with Crippen molar-refractivity contribution in [3.63, 3.8) is 0 Å². The van der Waals surface area contributed by atoms with Crippen molar-refractivity contribution in [2.75, 3.05) is 0 Å². The third-order valence-electron chi connectivity index (χ3n) is 5.11. The second-order valence-corrected chi connectivity index (χ2v) is 16.4. The van der Waals surface area contributed by atoms with Crippen molar-refractivity contribution in [3.8, 4) is 0 Å². The first-order valence-electron chi connectivity index (χ1n) is 9.68. The van der Waals surface area contributed by atoms with E-state index in [-0.39, 0.29) is 0 Å². The van der Waals surface area contributed by atoms with Gasteiger partial charge in [0.2, 0.25) is 0 Å². The third kappa shape index (κ3) is 3.90. The maximum absolute atomic E-state index is 14.4. The van der Waals surface area contributed by atoms with Crippen molar-refractivity contribution in [1.29, 1.82) is 0 Å². The SMILES string of the molecule is O=C([O][Sn]([c]1ccccc1)([c]1ccccc1)[c]1ccccc1)c1cc(F)c(F)c(F)c1F. The molecule has 0 fully saturated rings. The van der Waals surface area contributed by atoms with E-state index in [0.29, 0.717) is 6.07 Å². The first kappa shape index (κ1) is 22.1. The van der Waals surface area contributed by atoms with Crippen molar-refractivity contribution < 1.29 is 25.4 Å². The van der Waals surface area contributed by atoms with E-state index >= 15 is 0 Å². The van der Waals surface area contributed by atoms with Crippen LogP contribution in [-0.4, -0.2) is 24.8 Å². The summed E-state index contributed by atoms with van der Waals surface area (Å²) in [6, 6.07) is 27.4. The van der Waals surface area contributed by atoms with Crippen LogP contribution in [0.4, 0.5) is 17.6 Å². The molecule has 0 saturated heterocycles. The monoisotopic (exact) mass is 544 g/mol. The van der Waals surface area contributed by atoms with Crippen LogP contribution >= 0.6 is 0 Å². The molecule has 0 aromatic heterocycles. The van der Waals surface area contributed by atoms with Crippen LogP contribution in [-0.2, 0) is 3.07 Å². The van der Waals surface area contributed by atoms with E-state index in [0.717, 1.165) is 10.7 Å². The van der Waals surface area contributed by atoms with Gasteiger partial charge in [0.1, 0.15) is 0 Å². The molecule has 0 bridgehead atoms. The molecule has 0 amide bonds. The Balaban J connectivity index is 1.96. The number of rotatable bonds is 5. The van der Waals surface area contributed by atoms with E-state index in [1.165, 1.54) is 0 Å². The summed E-state index contributed by atoms with van der Waals surface area (Å²) in [5, 5.41) is 0. The molecule has 0 heterocycles. The Hall–Kier alpha value is -3.13. The minimum absolute atomic E-state index is 0.327. The van der Waals surface area contributed by atoms with Crippen LogP contribution in [0.3, 0.4) is 0 Å². The fourth-order valence-corrected chi connectivity index (χ4v) is 14.2. The zero-order valence-corrected chi connectivity index (χ0v) is 19.4. The van der Waals surface area contributed by atoms with Crippen LogP contribution < -0.4 is 10.7 Å². The molecule has 0 unspecified atom stereocenters. The Labute approximate surface area is 186 Å². The van der Waals surface area contributed by atoms with Gasteiger partial charge in [0, 0.05) is 0 Å². The van der Waals surface area contributed by atoms with Crippen molar-refractivity contribution in [2.45, 2.75) is 0 Å². The fraction of sp³-hybridized carbons (Fsp3) is 0. The van der Waals surface area contributed by atoms with Gasteiger partial charge in [-0.2, -0.15) is 0 Å². The van der Waals surface area contributed by atoms with E-state index < -0.39 is 53.6 Å². The quantitative estimate of drug-likeness (QED) is 0.164. The van der Waals surface area contributed by atoms with Gasteiger partial charge >= 0.3 is 187 Å². The van der Waals surface area contributed by atoms with E-state index in [4.69, 9.17) is 3.07 Å². The van der Waals surface area contributed by atoms with Gasteiger partial charge in [-0.25, -0.2) is 0 Å². The number of carbonyl (C=O) groups excluding carboxylic acids is 1. The molecule has 4 aromatic rings. The maximum atomic E-state index is 14.4. The summed E-state index contributed by atoms with van der Waals surface area (Å²) in [6.07, 6.45) is 0. The molecule has 0 aliphatic carbocycles. The van der Waals surface area contributed by atoms with E-state index in [1.807, 2.05) is 54.6 Å². The molecule has 0 N–H and O–H groups in total. The number of halogens is 4. The summed E-state index contributed by atoms with van der Waals surface area (Å²) in [5.41, 5.74) is -0.995. The van der Waals surface area contributed by atoms with Gasteiger partial charge in [-0.3, -0.25) is 0 Å². The second-order valence-electron chi connectivity index (χ2n) is 7.02. The molecule has 0 atom stereocenters. The van der Waals surface area contributed by atoms with Gasteiger partial charge in [0.05, 0.1) is 0 Å². The van der Waals surface area contributed by atoms with Gasteiger partial charge in [-0.1, -0.05) is 0 Å². The Morgan fingerprint density at radius 1 is 0.594 bits per heavy atom. The fourth-order valence-electron chi connectivity index (χ4n) is 3.61. The first-order chi connectivity index (χ1) is 15.4. The van der Waals surface area contributed by atoms with Crippen molar-refractivity contribution in [1.82, 2.24) is 0 Å². The normalized spacial score (nSPS) is 11.2. The van der Waals surface area contributed by atoms with E-state index in [2.05, 4.69) is 0 Å². The van der Waals surface area contributed by atoms with Crippen LogP contribution in [0.15, 0.2) is 97.1 Å². The number of carbonyl (C=O) groups is 1. The Morgan fingerprint density at radius 2 is 1.00 bits per heavy atom. The zero-order valence-electron chi connectivity index (χ0n) is 16.6. The van der Waals surface area contributed by atoms with Gasteiger partial charge in [0.15, 0.2) is 0 Å². The van der Waals surface area contributed by atoms with Crippen molar-refractivity contribution in [3.05, 3.63) is 126 Å². The Morgan fingerprint density at radius 3 is 1.41 bits per heavy atom. The molecule has 7 heteroatoms. The predicted molar refractivity (Wildman–Crippen MR) is 116 cm³/mol. The average Bonchev–Trinajstić information content (AvgIpc) is 2.85. The Kier molecular flexibility index (Phi) is 6.32. The molecule has 0 aliphatic rings. The standard InChI is InChI=1S/C7H2F4O2.3C6H5.Sn/c8-3-1-2(7(12)13)4(9)6(11)5(3)10;3*1-2-4-6-5-3-1;/h1H,(H,12,13);3*1-5H;/q;;;;+1/p-1. The molecule has 0 spiro atoms. The molecular weight excluding hydrogens is 527 g/mol. The van der Waals surface area contributed by atoms with Crippen LogP contribution in [0.1, 0.15) is 10.4 Å². The molecule has 4 aromatic carbocycles. The summed E-state index contributed by atoms with van der Waals surface area (Å²) in [7, 11) is 0. The van der Waals surface area contributed by atoms with E-state index in [9.17, 15) is 22.4 Å². The molecule has 160 valence electrons. The second kappa shape index (κ2) is 9.16. The topological polar surface area (TPSA) is 26.3 Å². The number of benzene rings is 4. The third-order valence-corrected chi connectivity index (χ3v) is 16.3. The molecule has 4 rings (SSSR count). The van der Waals surface area contributed by atoms with Crippen LogP contribution in [0, 0.1) is 23.3 Å². The number of hydrogen-bond acceptors (Lipinski definition) is 2. The minimum atomic E-state index is -4.63. The number of hydrogen-bond donors (Lipinski definition) is 0. The van der Waals surface area contributed by atoms with Gasteiger partial charge in [-0.05, 0) is 0 Å². The summed E-state index contributed by atoms with van der Waals surface area (Å²) in [4.78, 5) is 13.2. The molecule has 32 heavy (non-hydrogen) atoms. The van der Waals surface area contributed by atoms with Crippen LogP contribution in [0.25, 0.3) is 0 Å². The average molecular weight is 543 g/mol. The molecular formula is C25H16F4O2Sn. The first-order valence-corrected chi connectivity index (χ1v) is 15.1. The summed E-state index contributed by atoms with van der Waals surface area (Å²) >= 11 is -4.63. The van der Waals surface area contributed by atoms with Crippen LogP contribution in [0.5, 0.6) is 0 Å². The summed E-state index contributed by atoms with van der Waals surface area (Å²) in [5.74, 6) is -8.76. The summed E-state index contributed by atoms with van der Waals surface area (Å²) in [6.45, 7) is 0. The van der Waals surface area contributed by atoms with Crippen molar-refractivity contribution >= 4 is 35.5 Å². The summed E-state index contributed by atoms with van der Waals surface area (Å²) < 4.78 is 63.8. The molecule has 0 radical (unpaired) electrons. The van der Waals surface area contributed by atoms with Gasteiger partial charge in [0.25, 0.3) is 0 Å². The zero-order chi connectivity index (χ0) is 22.7. The molecule has 2 nitrogen and oxygen atoms in total. The molecule has 0 saturated carbocycles. The Bertz CT molecular complexity index is 1150. The molecule has 0 aliphatic heterocycles. The van der Waals surface area contributed by atoms with E-state index in [1.54, 1.807) is 36.4 Å². The van der Waals surface area contributed by atoms with Crippen molar-refractivity contribution in [2.24, 2.45) is 0 Å². The van der Waals surface area contributed by atoms with Crippen LogP contribution in [0.2, 0.25) is 0 Å². The predicted octanol–water partition coefficient (Wildman–Crippen LogP) is 4.07.